The van der Waals surface area contributed by atoms with Gasteiger partial charge in [-0.25, -0.2) is 0 Å². The molecular formula is C7H20O2Si2. The molecule has 0 unspecified atom stereocenters. The first-order valence-electron chi connectivity index (χ1n) is 3.95. The van der Waals surface area contributed by atoms with Crippen molar-refractivity contribution in [2.24, 2.45) is 0 Å². The summed E-state index contributed by atoms with van der Waals surface area (Å²) >= 11 is 0. The summed E-state index contributed by atoms with van der Waals surface area (Å²) in [6, 6.07) is 0. The molecule has 0 amide bonds. The molecule has 0 spiro atoms. The van der Waals surface area contributed by atoms with Crippen molar-refractivity contribution < 1.29 is 10.2 Å². The van der Waals surface area contributed by atoms with Crippen LogP contribution in [0.2, 0.25) is 39.3 Å². The van der Waals surface area contributed by atoms with Gasteiger partial charge in [0.2, 0.25) is 0 Å². The molecular weight excluding hydrogens is 172 g/mol. The van der Waals surface area contributed by atoms with Gasteiger partial charge in [0.1, 0.15) is 21.2 Å². The predicted molar refractivity (Wildman–Crippen MR) is 53.9 cm³/mol. The van der Waals surface area contributed by atoms with Crippen molar-refractivity contribution >= 4 is 16.1 Å². The summed E-state index contributed by atoms with van der Waals surface area (Å²) < 4.78 is 0. The summed E-state index contributed by atoms with van der Waals surface area (Å²) in [5.41, 5.74) is 0. The van der Waals surface area contributed by atoms with Crippen molar-refractivity contribution in [2.45, 2.75) is 44.3 Å². The molecule has 0 atom stereocenters. The van der Waals surface area contributed by atoms with Gasteiger partial charge >= 0.3 is 0 Å². The highest BCUT2D eigenvalue weighted by atomic mass is 28.4. The van der Waals surface area contributed by atoms with Gasteiger partial charge < -0.3 is 10.2 Å². The van der Waals surface area contributed by atoms with E-state index in [1.165, 1.54) is 0 Å². The van der Waals surface area contributed by atoms with Gasteiger partial charge in [0.05, 0.1) is 0 Å². The largest absolute Gasteiger partial charge is 0.373 e. The van der Waals surface area contributed by atoms with Crippen molar-refractivity contribution in [1.29, 1.82) is 0 Å². The normalized spacial score (nSPS) is 15.3. The molecule has 0 radical (unpaired) electrons. The number of hydrogen-bond acceptors (Lipinski definition) is 2. The highest BCUT2D eigenvalue weighted by Crippen LogP contribution is 2.27. The molecule has 0 aromatic rings. The minimum absolute atomic E-state index is 1.35. The van der Waals surface area contributed by atoms with Crippen LogP contribution in [0.4, 0.5) is 0 Å². The van der Waals surface area contributed by atoms with Gasteiger partial charge in [0, 0.05) is 0 Å². The molecule has 0 fully saturated rings. The summed E-state index contributed by atoms with van der Waals surface area (Å²) in [6.07, 6.45) is 0. The third-order valence-electron chi connectivity index (χ3n) is 2.09. The Labute approximate surface area is 71.3 Å². The molecule has 0 saturated heterocycles. The Kier molecular flexibility index (Phi) is 2.78. The van der Waals surface area contributed by atoms with Gasteiger partial charge in [-0.2, -0.15) is 0 Å². The minimum Gasteiger partial charge on any atom is -0.373 e. The van der Waals surface area contributed by atoms with Crippen LogP contribution in [0.15, 0.2) is 0 Å². The van der Waals surface area contributed by atoms with Crippen molar-refractivity contribution in [3.63, 3.8) is 0 Å². The van der Waals surface area contributed by atoms with Crippen molar-refractivity contribution in [3.8, 4) is 0 Å². The van der Waals surface area contributed by atoms with Crippen molar-refractivity contribution in [3.05, 3.63) is 0 Å². The summed E-state index contributed by atoms with van der Waals surface area (Å²) in [5, 5.41) is 18.4. The Morgan fingerprint density at radius 2 is 0.909 bits per heavy atom. The van der Waals surface area contributed by atoms with E-state index in [-0.39, 0.29) is 0 Å². The standard InChI is InChI=1S/C7H20O2Si2/c1-10(2,3)7(8,9)11(4,5)6/h8-9H,1-6H3. The highest BCUT2D eigenvalue weighted by Gasteiger charge is 2.49. The molecule has 0 aliphatic rings. The fourth-order valence-corrected chi connectivity index (χ4v) is 10.1. The summed E-state index contributed by atoms with van der Waals surface area (Å²) in [5.74, 6) is 0. The van der Waals surface area contributed by atoms with Crippen LogP contribution in [0.5, 0.6) is 0 Å². The lowest BCUT2D eigenvalue weighted by molar-refractivity contribution is -0.0313. The smallest absolute Gasteiger partial charge is 0.129 e. The zero-order valence-corrected chi connectivity index (χ0v) is 10.4. The summed E-state index contributed by atoms with van der Waals surface area (Å²) in [6.45, 7) is 11.9. The van der Waals surface area contributed by atoms with Crippen LogP contribution < -0.4 is 0 Å². The van der Waals surface area contributed by atoms with E-state index in [4.69, 9.17) is 0 Å². The van der Waals surface area contributed by atoms with Gasteiger partial charge in [0.25, 0.3) is 0 Å². The molecule has 4 heteroatoms. The lowest BCUT2D eigenvalue weighted by Gasteiger charge is -2.42. The molecule has 0 aliphatic heterocycles. The van der Waals surface area contributed by atoms with Crippen molar-refractivity contribution in [1.82, 2.24) is 0 Å². The van der Waals surface area contributed by atoms with E-state index >= 15 is 0 Å². The summed E-state index contributed by atoms with van der Waals surface area (Å²) in [4.78, 5) is 0. The monoisotopic (exact) mass is 192 g/mol. The van der Waals surface area contributed by atoms with Crippen LogP contribution in [0.25, 0.3) is 0 Å². The number of rotatable bonds is 2. The van der Waals surface area contributed by atoms with Crippen LogP contribution >= 0.6 is 0 Å². The molecule has 0 bridgehead atoms. The van der Waals surface area contributed by atoms with Crippen LogP contribution in [-0.4, -0.2) is 31.4 Å². The quantitative estimate of drug-likeness (QED) is 0.513. The zero-order chi connectivity index (χ0) is 9.50. The third kappa shape index (κ3) is 2.14. The lowest BCUT2D eigenvalue weighted by atomic mass is 11.4. The van der Waals surface area contributed by atoms with Gasteiger partial charge in [-0.05, 0) is 0 Å². The molecule has 11 heavy (non-hydrogen) atoms. The average molecular weight is 192 g/mol. The van der Waals surface area contributed by atoms with Gasteiger partial charge in [-0.3, -0.25) is 0 Å². The second-order valence-corrected chi connectivity index (χ2v) is 16.1. The SMILES string of the molecule is C[Si](C)(C)C(O)(O)[Si](C)(C)C. The molecule has 68 valence electrons. The van der Waals surface area contributed by atoms with E-state index in [1.54, 1.807) is 0 Å². The molecule has 0 saturated carbocycles. The van der Waals surface area contributed by atoms with E-state index < -0.39 is 21.2 Å². The molecule has 2 nitrogen and oxygen atoms in total. The second kappa shape index (κ2) is 2.69. The van der Waals surface area contributed by atoms with E-state index in [2.05, 4.69) is 0 Å². The van der Waals surface area contributed by atoms with Crippen LogP contribution in [0.1, 0.15) is 0 Å². The number of aliphatic hydroxyl groups is 2. The lowest BCUT2D eigenvalue weighted by Crippen LogP contribution is -2.66. The van der Waals surface area contributed by atoms with Crippen LogP contribution in [0, 0.1) is 0 Å². The Bertz CT molecular complexity index is 126. The molecule has 0 rings (SSSR count). The van der Waals surface area contributed by atoms with Crippen LogP contribution in [-0.2, 0) is 0 Å². The van der Waals surface area contributed by atoms with Crippen LogP contribution in [0.3, 0.4) is 0 Å². The van der Waals surface area contributed by atoms with E-state index in [0.29, 0.717) is 0 Å². The average Bonchev–Trinajstić information content (AvgIpc) is 1.58. The predicted octanol–water partition coefficient (Wildman–Crippen LogP) is 1.42. The molecule has 2 N–H and O–H groups in total. The summed E-state index contributed by atoms with van der Waals surface area (Å²) in [7, 11) is -3.69. The van der Waals surface area contributed by atoms with E-state index in [1.807, 2.05) is 39.3 Å². The topological polar surface area (TPSA) is 40.5 Å². The maximum Gasteiger partial charge on any atom is 0.129 e. The Hall–Kier alpha value is 0.354. The van der Waals surface area contributed by atoms with Gasteiger partial charge in [-0.15, -0.1) is 0 Å². The minimum atomic E-state index is -1.85. The molecule has 0 aliphatic carbocycles. The first-order chi connectivity index (χ1) is 4.50. The van der Waals surface area contributed by atoms with Crippen molar-refractivity contribution in [2.75, 3.05) is 0 Å². The molecule has 0 heterocycles. The third-order valence-corrected chi connectivity index (χ3v) is 10.8. The first kappa shape index (κ1) is 11.4. The van der Waals surface area contributed by atoms with E-state index in [9.17, 15) is 10.2 Å². The second-order valence-electron chi connectivity index (χ2n) is 5.17. The zero-order valence-electron chi connectivity index (χ0n) is 8.39. The van der Waals surface area contributed by atoms with Gasteiger partial charge in [-0.1, -0.05) is 39.3 Å². The van der Waals surface area contributed by atoms with E-state index in [0.717, 1.165) is 0 Å². The Morgan fingerprint density at radius 3 is 0.909 bits per heavy atom. The van der Waals surface area contributed by atoms with Gasteiger partial charge in [0.15, 0.2) is 0 Å². The maximum atomic E-state index is 9.87. The maximum absolute atomic E-state index is 9.87. The molecule has 0 aromatic carbocycles. The first-order valence-corrected chi connectivity index (χ1v) is 10.9. The molecule has 0 aromatic heterocycles. The fourth-order valence-electron chi connectivity index (χ4n) is 1.12. The Balaban J connectivity index is 4.75. The highest BCUT2D eigenvalue weighted by molar-refractivity contribution is 6.97. The fraction of sp³-hybridized carbons (Fsp3) is 1.00. The Morgan fingerprint density at radius 1 is 0.727 bits per heavy atom. The number of hydrogen-bond donors (Lipinski definition) is 2.